The molecule has 0 fully saturated rings. The fourth-order valence-corrected chi connectivity index (χ4v) is 3.18. The van der Waals surface area contributed by atoms with Gasteiger partial charge in [0.05, 0.1) is 11.3 Å². The molecule has 3 rings (SSSR count). The van der Waals surface area contributed by atoms with Crippen LogP contribution in [0.15, 0.2) is 18.2 Å². The first kappa shape index (κ1) is 18.7. The van der Waals surface area contributed by atoms with Crippen LogP contribution in [-0.4, -0.2) is 41.8 Å². The van der Waals surface area contributed by atoms with Crippen LogP contribution in [0.25, 0.3) is 0 Å². The second kappa shape index (κ2) is 7.26. The quantitative estimate of drug-likeness (QED) is 0.641. The number of benzene rings is 1. The molecule has 7 nitrogen and oxygen atoms in total. The van der Waals surface area contributed by atoms with Crippen molar-refractivity contribution in [2.75, 3.05) is 13.2 Å². The van der Waals surface area contributed by atoms with Crippen LogP contribution >= 0.6 is 0 Å². The van der Waals surface area contributed by atoms with Crippen LogP contribution in [0.2, 0.25) is 0 Å². The predicted octanol–water partition coefficient (Wildman–Crippen LogP) is 3.03. The minimum absolute atomic E-state index is 0.124. The summed E-state index contributed by atoms with van der Waals surface area (Å²) in [5.74, 6) is -0.122. The van der Waals surface area contributed by atoms with Crippen molar-refractivity contribution in [2.45, 2.75) is 33.8 Å². The number of esters is 1. The Labute approximate surface area is 156 Å². The molecule has 0 amide bonds. The first-order chi connectivity index (χ1) is 12.8. The van der Waals surface area contributed by atoms with Crippen molar-refractivity contribution < 1.29 is 28.6 Å². The van der Waals surface area contributed by atoms with Crippen LogP contribution in [-0.2, 0) is 4.74 Å². The third-order valence-electron chi connectivity index (χ3n) is 4.47. The second-order valence-electron chi connectivity index (χ2n) is 6.45. The highest BCUT2D eigenvalue weighted by molar-refractivity contribution is 6.05. The molecule has 7 heteroatoms. The van der Waals surface area contributed by atoms with Gasteiger partial charge in [0.15, 0.2) is 23.4 Å². The summed E-state index contributed by atoms with van der Waals surface area (Å²) in [6.45, 7) is 7.24. The zero-order chi connectivity index (χ0) is 19.7. The second-order valence-corrected chi connectivity index (χ2v) is 6.45. The average molecular weight is 371 g/mol. The van der Waals surface area contributed by atoms with Crippen molar-refractivity contribution >= 4 is 17.5 Å². The zero-order valence-corrected chi connectivity index (χ0v) is 15.7. The number of carbonyl (C=O) groups is 3. The van der Waals surface area contributed by atoms with E-state index in [0.717, 1.165) is 0 Å². The summed E-state index contributed by atoms with van der Waals surface area (Å²) in [5.41, 5.74) is 2.22. The van der Waals surface area contributed by atoms with Gasteiger partial charge in [-0.25, -0.2) is 4.79 Å². The van der Waals surface area contributed by atoms with Crippen molar-refractivity contribution in [3.8, 4) is 11.5 Å². The fourth-order valence-electron chi connectivity index (χ4n) is 3.18. The van der Waals surface area contributed by atoms with Crippen molar-refractivity contribution in [2.24, 2.45) is 0 Å². The molecule has 1 atom stereocenters. The standard InChI is InChI=1S/C20H21NO6/c1-10-17(12(3)22)11(2)21-18(10)19(23)13(4)27-20(24)14-5-6-15-16(9-14)26-8-7-25-15/h5-6,9,13,21H,7-8H2,1-4H3. The monoisotopic (exact) mass is 371 g/mol. The number of nitrogens with one attached hydrogen (secondary N) is 1. The molecule has 2 heterocycles. The summed E-state index contributed by atoms with van der Waals surface area (Å²) < 4.78 is 16.2. The van der Waals surface area contributed by atoms with Crippen LogP contribution in [0.5, 0.6) is 11.5 Å². The SMILES string of the molecule is CC(=O)c1c(C)[nH]c(C(=O)C(C)OC(=O)c2ccc3c(c2)OCCO3)c1C. The van der Waals surface area contributed by atoms with Crippen molar-refractivity contribution in [3.63, 3.8) is 0 Å². The summed E-state index contributed by atoms with van der Waals surface area (Å²) in [6, 6.07) is 4.73. The molecule has 142 valence electrons. The van der Waals surface area contributed by atoms with Crippen LogP contribution in [0.1, 0.15) is 56.3 Å². The Balaban J connectivity index is 1.76. The van der Waals surface area contributed by atoms with E-state index in [9.17, 15) is 14.4 Å². The van der Waals surface area contributed by atoms with Crippen molar-refractivity contribution in [1.29, 1.82) is 0 Å². The largest absolute Gasteiger partial charge is 0.486 e. The first-order valence-corrected chi connectivity index (χ1v) is 8.64. The number of aromatic nitrogens is 1. The number of H-pyrrole nitrogens is 1. The lowest BCUT2D eigenvalue weighted by Crippen LogP contribution is -2.25. The third-order valence-corrected chi connectivity index (χ3v) is 4.47. The molecule has 1 unspecified atom stereocenters. The maximum absolute atomic E-state index is 12.7. The predicted molar refractivity (Wildman–Crippen MR) is 96.9 cm³/mol. The molecule has 0 radical (unpaired) electrons. The number of ketones is 2. The highest BCUT2D eigenvalue weighted by atomic mass is 16.6. The maximum atomic E-state index is 12.7. The zero-order valence-electron chi connectivity index (χ0n) is 15.7. The lowest BCUT2D eigenvalue weighted by molar-refractivity contribution is 0.0316. The van der Waals surface area contributed by atoms with E-state index >= 15 is 0 Å². The highest BCUT2D eigenvalue weighted by Gasteiger charge is 2.26. The van der Waals surface area contributed by atoms with Crippen LogP contribution in [0.4, 0.5) is 0 Å². The Bertz CT molecular complexity index is 927. The number of fused-ring (bicyclic) bond motifs is 1. The molecule has 0 saturated heterocycles. The Hall–Kier alpha value is -3.09. The maximum Gasteiger partial charge on any atom is 0.338 e. The van der Waals surface area contributed by atoms with E-state index in [0.29, 0.717) is 41.5 Å². The van der Waals surface area contributed by atoms with Crippen molar-refractivity contribution in [3.05, 3.63) is 46.3 Å². The number of ether oxygens (including phenoxy) is 3. The fraction of sp³-hybridized carbons (Fsp3) is 0.350. The average Bonchev–Trinajstić information content (AvgIpc) is 2.94. The molecule has 1 aromatic carbocycles. The summed E-state index contributed by atoms with van der Waals surface area (Å²) in [7, 11) is 0. The third kappa shape index (κ3) is 3.58. The summed E-state index contributed by atoms with van der Waals surface area (Å²) in [4.78, 5) is 39.8. The van der Waals surface area contributed by atoms with E-state index in [1.165, 1.54) is 19.9 Å². The van der Waals surface area contributed by atoms with Gasteiger partial charge < -0.3 is 19.2 Å². The Kier molecular flexibility index (Phi) is 5.03. The van der Waals surface area contributed by atoms with Gasteiger partial charge in [0.25, 0.3) is 0 Å². The first-order valence-electron chi connectivity index (χ1n) is 8.64. The van der Waals surface area contributed by atoms with Gasteiger partial charge in [0.1, 0.15) is 13.2 Å². The number of hydrogen-bond donors (Lipinski definition) is 1. The molecular weight excluding hydrogens is 350 g/mol. The number of Topliss-reactive ketones (excluding diaryl/α,β-unsaturated/α-hetero) is 2. The number of carbonyl (C=O) groups excluding carboxylic acids is 3. The minimum Gasteiger partial charge on any atom is -0.486 e. The number of rotatable bonds is 5. The molecule has 1 aliphatic rings. The Morgan fingerprint density at radius 2 is 1.78 bits per heavy atom. The van der Waals surface area contributed by atoms with Gasteiger partial charge >= 0.3 is 5.97 Å². The highest BCUT2D eigenvalue weighted by Crippen LogP contribution is 2.31. The van der Waals surface area contributed by atoms with Crippen LogP contribution in [0.3, 0.4) is 0 Å². The molecule has 0 saturated carbocycles. The van der Waals surface area contributed by atoms with E-state index < -0.39 is 17.9 Å². The van der Waals surface area contributed by atoms with E-state index in [1.807, 2.05) is 0 Å². The Morgan fingerprint density at radius 1 is 1.11 bits per heavy atom. The van der Waals surface area contributed by atoms with Crippen molar-refractivity contribution in [1.82, 2.24) is 4.98 Å². The van der Waals surface area contributed by atoms with Crippen LogP contribution in [0, 0.1) is 13.8 Å². The molecule has 2 aromatic rings. The number of aromatic amines is 1. The molecule has 27 heavy (non-hydrogen) atoms. The molecule has 0 aliphatic carbocycles. The molecule has 1 aromatic heterocycles. The van der Waals surface area contributed by atoms with E-state index in [1.54, 1.807) is 26.0 Å². The molecule has 1 aliphatic heterocycles. The van der Waals surface area contributed by atoms with Gasteiger partial charge in [-0.2, -0.15) is 0 Å². The molecule has 1 N–H and O–H groups in total. The van der Waals surface area contributed by atoms with Gasteiger partial charge in [0, 0.05) is 11.3 Å². The Morgan fingerprint density at radius 3 is 2.41 bits per heavy atom. The minimum atomic E-state index is -1.01. The summed E-state index contributed by atoms with van der Waals surface area (Å²) >= 11 is 0. The molecule has 0 spiro atoms. The number of hydrogen-bond acceptors (Lipinski definition) is 6. The van der Waals surface area contributed by atoms with Gasteiger partial charge in [0.2, 0.25) is 5.78 Å². The van der Waals surface area contributed by atoms with Gasteiger partial charge in [-0.15, -0.1) is 0 Å². The summed E-state index contributed by atoms with van der Waals surface area (Å²) in [6.07, 6.45) is -1.01. The smallest absolute Gasteiger partial charge is 0.338 e. The van der Waals surface area contributed by atoms with E-state index in [-0.39, 0.29) is 17.0 Å². The van der Waals surface area contributed by atoms with E-state index in [2.05, 4.69) is 4.98 Å². The van der Waals surface area contributed by atoms with E-state index in [4.69, 9.17) is 14.2 Å². The lowest BCUT2D eigenvalue weighted by atomic mass is 10.0. The van der Waals surface area contributed by atoms with Gasteiger partial charge in [-0.05, 0) is 51.5 Å². The number of aryl methyl sites for hydroxylation is 1. The van der Waals surface area contributed by atoms with Crippen LogP contribution < -0.4 is 9.47 Å². The topological polar surface area (TPSA) is 94.7 Å². The summed E-state index contributed by atoms with van der Waals surface area (Å²) in [5, 5.41) is 0. The van der Waals surface area contributed by atoms with Gasteiger partial charge in [-0.3, -0.25) is 9.59 Å². The lowest BCUT2D eigenvalue weighted by Gasteiger charge is -2.19. The molecule has 0 bridgehead atoms. The van der Waals surface area contributed by atoms with Gasteiger partial charge in [-0.1, -0.05) is 0 Å². The normalized spacial score (nSPS) is 13.8. The molecular formula is C20H21NO6.